The molecule has 1 aromatic rings. The van der Waals surface area contributed by atoms with Gasteiger partial charge < -0.3 is 4.90 Å². The first-order valence-corrected chi connectivity index (χ1v) is 6.92. The Morgan fingerprint density at radius 3 is 2.38 bits per heavy atom. The summed E-state index contributed by atoms with van der Waals surface area (Å²) >= 11 is 0. The molecular formula is C15H23N5O. The molecule has 0 spiro atoms. The second kappa shape index (κ2) is 6.08. The van der Waals surface area contributed by atoms with Gasteiger partial charge in [0.2, 0.25) is 5.95 Å². The maximum atomic E-state index is 12.5. The summed E-state index contributed by atoms with van der Waals surface area (Å²) in [4.78, 5) is 18.7. The van der Waals surface area contributed by atoms with Crippen LogP contribution in [0, 0.1) is 16.7 Å². The summed E-state index contributed by atoms with van der Waals surface area (Å²) < 4.78 is 1.22. The van der Waals surface area contributed by atoms with E-state index in [-0.39, 0.29) is 11.0 Å². The minimum absolute atomic E-state index is 0.0635. The third-order valence-electron chi connectivity index (χ3n) is 3.30. The Kier molecular flexibility index (Phi) is 4.89. The van der Waals surface area contributed by atoms with Crippen LogP contribution >= 0.6 is 0 Å². The zero-order chi connectivity index (χ0) is 16.4. The van der Waals surface area contributed by atoms with E-state index in [1.165, 1.54) is 4.68 Å². The van der Waals surface area contributed by atoms with E-state index in [0.29, 0.717) is 18.1 Å². The van der Waals surface area contributed by atoms with E-state index in [1.807, 2.05) is 40.7 Å². The van der Waals surface area contributed by atoms with Gasteiger partial charge >= 0.3 is 0 Å². The van der Waals surface area contributed by atoms with Gasteiger partial charge in [0.1, 0.15) is 11.6 Å². The Morgan fingerprint density at radius 2 is 2.00 bits per heavy atom. The van der Waals surface area contributed by atoms with Crippen molar-refractivity contribution < 1.29 is 0 Å². The molecule has 0 unspecified atom stereocenters. The first-order chi connectivity index (χ1) is 9.63. The number of aromatic nitrogens is 2. The van der Waals surface area contributed by atoms with Crippen LogP contribution in [-0.2, 0) is 6.42 Å². The van der Waals surface area contributed by atoms with Crippen LogP contribution in [0.1, 0.15) is 45.9 Å². The molecule has 0 atom stereocenters. The van der Waals surface area contributed by atoms with Crippen molar-refractivity contribution in [3.8, 4) is 6.07 Å². The van der Waals surface area contributed by atoms with E-state index >= 15 is 0 Å². The van der Waals surface area contributed by atoms with Gasteiger partial charge in [-0.15, -0.1) is 0 Å². The fourth-order valence-corrected chi connectivity index (χ4v) is 1.59. The van der Waals surface area contributed by atoms with Gasteiger partial charge in [0.15, 0.2) is 0 Å². The van der Waals surface area contributed by atoms with Crippen molar-refractivity contribution in [3.05, 3.63) is 21.6 Å². The van der Waals surface area contributed by atoms with Gasteiger partial charge in [0, 0.05) is 25.2 Å². The average molecular weight is 289 g/mol. The molecule has 0 aliphatic carbocycles. The molecular weight excluding hydrogens is 266 g/mol. The van der Waals surface area contributed by atoms with Crippen molar-refractivity contribution in [3.63, 3.8) is 0 Å². The number of hydrogen-bond donors (Lipinski definition) is 0. The smallest absolute Gasteiger partial charge is 0.293 e. The van der Waals surface area contributed by atoms with Gasteiger partial charge in [-0.25, -0.2) is 4.98 Å². The summed E-state index contributed by atoms with van der Waals surface area (Å²) in [5.41, 5.74) is 0.776. The monoisotopic (exact) mass is 289 g/mol. The van der Waals surface area contributed by atoms with Crippen molar-refractivity contribution in [2.24, 2.45) is 10.5 Å². The second-order valence-corrected chi connectivity index (χ2v) is 6.15. The molecule has 1 aromatic heterocycles. The summed E-state index contributed by atoms with van der Waals surface area (Å²) in [5.74, 6) is 0.430. The quantitative estimate of drug-likeness (QED) is 0.798. The van der Waals surface area contributed by atoms with Gasteiger partial charge in [0.25, 0.3) is 5.56 Å². The van der Waals surface area contributed by atoms with Crippen molar-refractivity contribution >= 4 is 11.7 Å². The number of nitrogens with zero attached hydrogens (tertiary/aromatic N) is 5. The number of aryl methyl sites for hydroxylation is 1. The SMILES string of the molecule is CCc1nc(N(C)C)n(/N=C(\C)C(C)(C)C)c(=O)c1C#N. The van der Waals surface area contributed by atoms with Crippen LogP contribution in [0.5, 0.6) is 0 Å². The lowest BCUT2D eigenvalue weighted by atomic mass is 9.91. The van der Waals surface area contributed by atoms with Gasteiger partial charge in [-0.05, 0) is 13.3 Å². The van der Waals surface area contributed by atoms with Crippen LogP contribution in [0.25, 0.3) is 0 Å². The maximum absolute atomic E-state index is 12.5. The lowest BCUT2D eigenvalue weighted by molar-refractivity contribution is 0.576. The minimum atomic E-state index is -0.420. The van der Waals surface area contributed by atoms with Gasteiger partial charge in [0.05, 0.1) is 5.69 Å². The van der Waals surface area contributed by atoms with E-state index in [4.69, 9.17) is 0 Å². The third-order valence-corrected chi connectivity index (χ3v) is 3.30. The molecule has 0 radical (unpaired) electrons. The molecule has 114 valence electrons. The second-order valence-electron chi connectivity index (χ2n) is 6.15. The molecule has 0 N–H and O–H groups in total. The predicted octanol–water partition coefficient (Wildman–Crippen LogP) is 2.01. The Morgan fingerprint density at radius 1 is 1.43 bits per heavy atom. The van der Waals surface area contributed by atoms with E-state index in [1.54, 1.807) is 19.0 Å². The van der Waals surface area contributed by atoms with Gasteiger partial charge in [-0.1, -0.05) is 27.7 Å². The van der Waals surface area contributed by atoms with E-state index in [2.05, 4.69) is 10.1 Å². The molecule has 1 heterocycles. The summed E-state index contributed by atoms with van der Waals surface area (Å²) in [6.45, 7) is 9.80. The van der Waals surface area contributed by atoms with Gasteiger partial charge in [-0.3, -0.25) is 4.79 Å². The first-order valence-electron chi connectivity index (χ1n) is 6.92. The number of rotatable bonds is 3. The van der Waals surface area contributed by atoms with Crippen LogP contribution in [0.4, 0.5) is 5.95 Å². The summed E-state index contributed by atoms with van der Waals surface area (Å²) in [6.07, 6.45) is 0.530. The predicted molar refractivity (Wildman–Crippen MR) is 84.9 cm³/mol. The van der Waals surface area contributed by atoms with Crippen LogP contribution in [0.15, 0.2) is 9.90 Å². The Labute approximate surface area is 125 Å². The summed E-state index contributed by atoms with van der Waals surface area (Å²) in [5, 5.41) is 13.6. The van der Waals surface area contributed by atoms with Crippen LogP contribution in [0.3, 0.4) is 0 Å². The summed E-state index contributed by atoms with van der Waals surface area (Å²) in [6, 6.07) is 1.95. The maximum Gasteiger partial charge on any atom is 0.293 e. The molecule has 0 fully saturated rings. The highest BCUT2D eigenvalue weighted by atomic mass is 16.1. The van der Waals surface area contributed by atoms with E-state index in [9.17, 15) is 10.1 Å². The Hall–Kier alpha value is -2.16. The minimum Gasteiger partial charge on any atom is -0.347 e. The van der Waals surface area contributed by atoms with Crippen LogP contribution < -0.4 is 10.5 Å². The normalized spacial score (nSPS) is 12.2. The molecule has 6 nitrogen and oxygen atoms in total. The largest absolute Gasteiger partial charge is 0.347 e. The number of hydrogen-bond acceptors (Lipinski definition) is 5. The van der Waals surface area contributed by atoms with Crippen molar-refractivity contribution in [1.29, 1.82) is 5.26 Å². The highest BCUT2D eigenvalue weighted by Crippen LogP contribution is 2.17. The zero-order valence-corrected chi connectivity index (χ0v) is 13.9. The van der Waals surface area contributed by atoms with E-state index < -0.39 is 5.56 Å². The molecule has 0 saturated carbocycles. The molecule has 0 aliphatic rings. The first kappa shape index (κ1) is 16.9. The van der Waals surface area contributed by atoms with Crippen molar-refractivity contribution in [1.82, 2.24) is 9.66 Å². The fraction of sp³-hybridized carbons (Fsp3) is 0.600. The molecule has 1 rings (SSSR count). The molecule has 0 saturated heterocycles. The van der Waals surface area contributed by atoms with Crippen LogP contribution in [-0.4, -0.2) is 29.5 Å². The standard InChI is InChI=1S/C15H23N5O/c1-8-12-11(9-16)13(21)20(14(17-12)19(6)7)18-10(2)15(3,4)5/h8H2,1-7H3/b18-10+. The number of nitriles is 1. The highest BCUT2D eigenvalue weighted by molar-refractivity contribution is 5.86. The molecule has 0 amide bonds. The third kappa shape index (κ3) is 3.48. The Bertz CT molecular complexity index is 656. The molecule has 21 heavy (non-hydrogen) atoms. The molecule has 6 heteroatoms. The topological polar surface area (TPSA) is 74.3 Å². The number of anilines is 1. The van der Waals surface area contributed by atoms with Gasteiger partial charge in [-0.2, -0.15) is 15.0 Å². The molecule has 0 aliphatic heterocycles. The molecule has 0 aromatic carbocycles. The van der Waals surface area contributed by atoms with Crippen LogP contribution in [0.2, 0.25) is 0 Å². The van der Waals surface area contributed by atoms with E-state index in [0.717, 1.165) is 5.71 Å². The summed E-state index contributed by atoms with van der Waals surface area (Å²) in [7, 11) is 3.59. The highest BCUT2D eigenvalue weighted by Gasteiger charge is 2.19. The van der Waals surface area contributed by atoms with Crippen molar-refractivity contribution in [2.75, 3.05) is 19.0 Å². The lowest BCUT2D eigenvalue weighted by Crippen LogP contribution is -2.31. The lowest BCUT2D eigenvalue weighted by Gasteiger charge is -2.21. The fourth-order valence-electron chi connectivity index (χ4n) is 1.59. The average Bonchev–Trinajstić information content (AvgIpc) is 2.38. The molecule has 0 bridgehead atoms. The van der Waals surface area contributed by atoms with Crippen molar-refractivity contribution in [2.45, 2.75) is 41.0 Å². The Balaban J connectivity index is 3.73. The zero-order valence-electron chi connectivity index (χ0n) is 13.9.